The molecule has 0 saturated heterocycles. The van der Waals surface area contributed by atoms with Crippen LogP contribution >= 0.6 is 23.6 Å². The highest BCUT2D eigenvalue weighted by Gasteiger charge is 2.22. The lowest BCUT2D eigenvalue weighted by atomic mass is 10.1. The lowest BCUT2D eigenvalue weighted by Crippen LogP contribution is -2.20. The van der Waals surface area contributed by atoms with Gasteiger partial charge in [0, 0.05) is 10.6 Å². The third kappa shape index (κ3) is 3.89. The van der Waals surface area contributed by atoms with E-state index in [0.717, 1.165) is 33.1 Å². The van der Waals surface area contributed by atoms with Crippen LogP contribution in [0.4, 0.5) is 10.7 Å². The number of hydrogen-bond donors (Lipinski definition) is 2. The number of benzene rings is 1. The van der Waals surface area contributed by atoms with E-state index in [9.17, 15) is 4.79 Å². The van der Waals surface area contributed by atoms with Crippen molar-refractivity contribution in [3.05, 3.63) is 45.8 Å². The Hall–Kier alpha value is -1.92. The summed E-state index contributed by atoms with van der Waals surface area (Å²) in [5, 5.41) is 7.47. The smallest absolute Gasteiger partial charge is 0.341 e. The van der Waals surface area contributed by atoms with Crippen LogP contribution < -0.4 is 10.6 Å². The molecule has 0 fully saturated rings. The van der Waals surface area contributed by atoms with E-state index in [-0.39, 0.29) is 5.97 Å². The first-order valence-corrected chi connectivity index (χ1v) is 8.54. The Morgan fingerprint density at radius 1 is 1.26 bits per heavy atom. The van der Waals surface area contributed by atoms with E-state index in [0.29, 0.717) is 10.7 Å². The molecule has 6 heteroatoms. The molecule has 0 saturated carbocycles. The van der Waals surface area contributed by atoms with Gasteiger partial charge in [-0.3, -0.25) is 0 Å². The number of carbonyl (C=O) groups excluding carboxylic acids is 1. The molecule has 1 heterocycles. The van der Waals surface area contributed by atoms with Crippen molar-refractivity contribution in [1.82, 2.24) is 0 Å². The van der Waals surface area contributed by atoms with Crippen LogP contribution in [0, 0.1) is 13.8 Å². The number of carbonyl (C=O) groups is 1. The minimum Gasteiger partial charge on any atom is -0.465 e. The van der Waals surface area contributed by atoms with Crippen molar-refractivity contribution in [3.63, 3.8) is 0 Å². The Labute approximate surface area is 145 Å². The molecule has 2 aromatic rings. The van der Waals surface area contributed by atoms with Crippen molar-refractivity contribution in [3.8, 4) is 0 Å². The van der Waals surface area contributed by atoms with Crippen LogP contribution in [-0.2, 0) is 11.2 Å². The number of para-hydroxylation sites is 1. The number of anilines is 2. The fraction of sp³-hybridized carbons (Fsp3) is 0.294. The zero-order chi connectivity index (χ0) is 17.0. The van der Waals surface area contributed by atoms with Gasteiger partial charge in [0.25, 0.3) is 0 Å². The molecule has 2 rings (SSSR count). The predicted molar refractivity (Wildman–Crippen MR) is 101 cm³/mol. The molecule has 0 bridgehead atoms. The second kappa shape index (κ2) is 7.57. The molecule has 1 aromatic heterocycles. The van der Waals surface area contributed by atoms with Gasteiger partial charge >= 0.3 is 5.97 Å². The van der Waals surface area contributed by atoms with E-state index in [1.807, 2.05) is 45.0 Å². The largest absolute Gasteiger partial charge is 0.465 e. The van der Waals surface area contributed by atoms with Gasteiger partial charge in [0.05, 0.1) is 12.7 Å². The minimum atomic E-state index is -0.340. The molecule has 23 heavy (non-hydrogen) atoms. The third-order valence-corrected chi connectivity index (χ3v) is 4.84. The molecule has 0 spiro atoms. The summed E-state index contributed by atoms with van der Waals surface area (Å²) in [6.07, 6.45) is 0.770. The second-order valence-corrected chi connectivity index (χ2v) is 6.71. The summed E-state index contributed by atoms with van der Waals surface area (Å²) < 4.78 is 4.92. The normalized spacial score (nSPS) is 10.3. The predicted octanol–water partition coefficient (Wildman–Crippen LogP) is 4.52. The Morgan fingerprint density at radius 3 is 2.57 bits per heavy atom. The van der Waals surface area contributed by atoms with Crippen LogP contribution in [0.5, 0.6) is 0 Å². The van der Waals surface area contributed by atoms with Crippen molar-refractivity contribution >= 4 is 45.3 Å². The molecule has 4 nitrogen and oxygen atoms in total. The molecule has 1 aromatic carbocycles. The van der Waals surface area contributed by atoms with E-state index in [1.165, 1.54) is 18.4 Å². The fourth-order valence-electron chi connectivity index (χ4n) is 2.38. The molecule has 0 unspecified atom stereocenters. The van der Waals surface area contributed by atoms with Crippen LogP contribution in [0.25, 0.3) is 0 Å². The van der Waals surface area contributed by atoms with E-state index >= 15 is 0 Å². The summed E-state index contributed by atoms with van der Waals surface area (Å²) in [6, 6.07) is 7.89. The van der Waals surface area contributed by atoms with Gasteiger partial charge in [-0.2, -0.15) is 0 Å². The maximum atomic E-state index is 12.1. The van der Waals surface area contributed by atoms with Crippen molar-refractivity contribution < 1.29 is 9.53 Å². The molecular formula is C17H20N2O2S2. The number of aryl methyl sites for hydroxylation is 2. The monoisotopic (exact) mass is 348 g/mol. The second-order valence-electron chi connectivity index (χ2n) is 5.08. The Bertz CT molecular complexity index is 738. The number of thiophene rings is 1. The molecule has 2 N–H and O–H groups in total. The third-order valence-electron chi connectivity index (χ3n) is 3.57. The summed E-state index contributed by atoms with van der Waals surface area (Å²) in [7, 11) is 1.39. The molecule has 0 radical (unpaired) electrons. The minimum absolute atomic E-state index is 0.340. The van der Waals surface area contributed by atoms with Crippen LogP contribution in [0.1, 0.15) is 33.3 Å². The lowest BCUT2D eigenvalue weighted by molar-refractivity contribution is 0.0601. The highest BCUT2D eigenvalue weighted by Crippen LogP contribution is 2.34. The van der Waals surface area contributed by atoms with Crippen LogP contribution in [-0.4, -0.2) is 18.2 Å². The summed E-state index contributed by atoms with van der Waals surface area (Å²) in [5.41, 5.74) is 3.62. The van der Waals surface area contributed by atoms with Crippen molar-refractivity contribution in [2.45, 2.75) is 27.2 Å². The molecule has 0 atom stereocenters. The standard InChI is InChI=1S/C17H20N2O2S2/c1-5-12-11(3)23-15(14(12)16(20)21-4)19-17(22)18-13-9-7-6-8-10(13)2/h6-9H,5H2,1-4H3,(H2,18,19,22). The zero-order valence-corrected chi connectivity index (χ0v) is 15.3. The molecular weight excluding hydrogens is 328 g/mol. The fourth-order valence-corrected chi connectivity index (χ4v) is 3.79. The van der Waals surface area contributed by atoms with E-state index in [2.05, 4.69) is 10.6 Å². The van der Waals surface area contributed by atoms with Gasteiger partial charge in [0.2, 0.25) is 0 Å². The maximum absolute atomic E-state index is 12.1. The molecule has 0 amide bonds. The van der Waals surface area contributed by atoms with Crippen molar-refractivity contribution in [2.75, 3.05) is 17.7 Å². The van der Waals surface area contributed by atoms with Gasteiger partial charge in [0.1, 0.15) is 5.00 Å². The van der Waals surface area contributed by atoms with Crippen molar-refractivity contribution in [2.24, 2.45) is 0 Å². The maximum Gasteiger partial charge on any atom is 0.341 e. The number of ether oxygens (including phenoxy) is 1. The quantitative estimate of drug-likeness (QED) is 0.628. The van der Waals surface area contributed by atoms with E-state index in [4.69, 9.17) is 17.0 Å². The van der Waals surface area contributed by atoms with E-state index < -0.39 is 0 Å². The molecule has 122 valence electrons. The highest BCUT2D eigenvalue weighted by atomic mass is 32.1. The summed E-state index contributed by atoms with van der Waals surface area (Å²) in [4.78, 5) is 13.2. The van der Waals surface area contributed by atoms with Gasteiger partial charge < -0.3 is 15.4 Å². The zero-order valence-electron chi connectivity index (χ0n) is 13.6. The summed E-state index contributed by atoms with van der Waals surface area (Å²) in [6.45, 7) is 6.03. The van der Waals surface area contributed by atoms with Gasteiger partial charge in [-0.05, 0) is 49.7 Å². The van der Waals surface area contributed by atoms with E-state index in [1.54, 1.807) is 0 Å². The lowest BCUT2D eigenvalue weighted by Gasteiger charge is -2.12. The van der Waals surface area contributed by atoms with Crippen molar-refractivity contribution in [1.29, 1.82) is 0 Å². The van der Waals surface area contributed by atoms with Crippen LogP contribution in [0.3, 0.4) is 0 Å². The Morgan fingerprint density at radius 2 is 1.96 bits per heavy atom. The molecule has 0 aliphatic rings. The topological polar surface area (TPSA) is 50.4 Å². The first-order chi connectivity index (χ1) is 11.0. The number of nitrogens with one attached hydrogen (secondary N) is 2. The first kappa shape index (κ1) is 17.4. The number of hydrogen-bond acceptors (Lipinski definition) is 4. The Kier molecular flexibility index (Phi) is 5.74. The number of esters is 1. The summed E-state index contributed by atoms with van der Waals surface area (Å²) >= 11 is 6.89. The van der Waals surface area contributed by atoms with Gasteiger partial charge in [-0.25, -0.2) is 4.79 Å². The van der Waals surface area contributed by atoms with Gasteiger partial charge in [-0.1, -0.05) is 25.1 Å². The molecule has 0 aliphatic heterocycles. The first-order valence-electron chi connectivity index (χ1n) is 7.32. The SMILES string of the molecule is CCc1c(C)sc(NC(=S)Nc2ccccc2C)c1C(=O)OC. The van der Waals surface area contributed by atoms with Crippen LogP contribution in [0.15, 0.2) is 24.3 Å². The number of rotatable bonds is 4. The average Bonchev–Trinajstić information content (AvgIpc) is 2.83. The highest BCUT2D eigenvalue weighted by molar-refractivity contribution is 7.80. The Balaban J connectivity index is 2.24. The summed E-state index contributed by atoms with van der Waals surface area (Å²) in [5.74, 6) is -0.340. The van der Waals surface area contributed by atoms with Crippen LogP contribution in [0.2, 0.25) is 0 Å². The molecule has 0 aliphatic carbocycles. The number of methoxy groups -OCH3 is 1. The van der Waals surface area contributed by atoms with Gasteiger partial charge in [-0.15, -0.1) is 11.3 Å². The number of thiocarbonyl (C=S) groups is 1. The average molecular weight is 348 g/mol. The van der Waals surface area contributed by atoms with Gasteiger partial charge in [0.15, 0.2) is 5.11 Å².